The first-order chi connectivity index (χ1) is 13.7. The third-order valence-corrected chi connectivity index (χ3v) is 5.75. The highest BCUT2D eigenvalue weighted by molar-refractivity contribution is 8.00. The van der Waals surface area contributed by atoms with E-state index in [0.717, 1.165) is 26.9 Å². The molecule has 0 aliphatic carbocycles. The lowest BCUT2D eigenvalue weighted by Gasteiger charge is -2.04. The van der Waals surface area contributed by atoms with Gasteiger partial charge in [0.2, 0.25) is 16.8 Å². The van der Waals surface area contributed by atoms with Crippen molar-refractivity contribution in [2.24, 2.45) is 0 Å². The molecule has 7 nitrogen and oxygen atoms in total. The predicted molar refractivity (Wildman–Crippen MR) is 110 cm³/mol. The number of methoxy groups -OCH3 is 1. The van der Waals surface area contributed by atoms with Crippen molar-refractivity contribution in [2.75, 3.05) is 12.4 Å². The topological polar surface area (TPSA) is 86.0 Å². The summed E-state index contributed by atoms with van der Waals surface area (Å²) in [6, 6.07) is 15.7. The maximum atomic E-state index is 5.35. The lowest BCUT2D eigenvalue weighted by atomic mass is 10.1. The van der Waals surface area contributed by atoms with Gasteiger partial charge in [-0.15, -0.1) is 10.2 Å². The molecule has 1 N–H and O–H groups in total. The average molecular weight is 412 g/mol. The molecule has 2 aromatic carbocycles. The number of aromatic nitrogens is 4. The van der Waals surface area contributed by atoms with Crippen LogP contribution in [0.1, 0.15) is 11.5 Å². The van der Waals surface area contributed by atoms with Gasteiger partial charge in [0.25, 0.3) is 0 Å². The molecule has 0 aliphatic heterocycles. The number of rotatable bonds is 7. The Morgan fingerprint density at radius 3 is 2.89 bits per heavy atom. The van der Waals surface area contributed by atoms with Crippen molar-refractivity contribution in [3.8, 4) is 17.1 Å². The van der Waals surface area contributed by atoms with Gasteiger partial charge in [0.05, 0.1) is 12.9 Å². The van der Waals surface area contributed by atoms with Gasteiger partial charge in [-0.05, 0) is 25.1 Å². The van der Waals surface area contributed by atoms with E-state index in [2.05, 4.69) is 25.7 Å². The van der Waals surface area contributed by atoms with E-state index in [0.29, 0.717) is 22.6 Å². The van der Waals surface area contributed by atoms with Gasteiger partial charge >= 0.3 is 0 Å². The zero-order valence-electron chi connectivity index (χ0n) is 15.2. The van der Waals surface area contributed by atoms with Crippen LogP contribution >= 0.6 is 23.1 Å². The van der Waals surface area contributed by atoms with Gasteiger partial charge in [0, 0.05) is 17.3 Å². The highest BCUT2D eigenvalue weighted by atomic mass is 32.2. The molecule has 0 saturated heterocycles. The van der Waals surface area contributed by atoms with Gasteiger partial charge in [-0.2, -0.15) is 4.98 Å². The second kappa shape index (κ2) is 8.41. The van der Waals surface area contributed by atoms with Gasteiger partial charge in [0.1, 0.15) is 5.75 Å². The van der Waals surface area contributed by atoms with Crippen molar-refractivity contribution >= 4 is 33.9 Å². The summed E-state index contributed by atoms with van der Waals surface area (Å²) in [5, 5.41) is 16.4. The molecule has 0 amide bonds. The fraction of sp³-hybridized carbons (Fsp3) is 0.158. The Labute approximate surface area is 170 Å². The van der Waals surface area contributed by atoms with Crippen molar-refractivity contribution in [3.05, 3.63) is 60.0 Å². The smallest absolute Gasteiger partial charge is 0.237 e. The number of ether oxygens (including phenoxy) is 1. The number of benzene rings is 2. The Morgan fingerprint density at radius 2 is 2.04 bits per heavy atom. The molecule has 142 valence electrons. The summed E-state index contributed by atoms with van der Waals surface area (Å²) in [5.41, 5.74) is 3.00. The average Bonchev–Trinajstić information content (AvgIpc) is 3.36. The minimum Gasteiger partial charge on any atom is -0.497 e. The van der Waals surface area contributed by atoms with Crippen LogP contribution in [0.25, 0.3) is 11.4 Å². The van der Waals surface area contributed by atoms with Crippen LogP contribution in [0.15, 0.2) is 57.4 Å². The Kier molecular flexibility index (Phi) is 5.54. The van der Waals surface area contributed by atoms with Crippen LogP contribution in [0.4, 0.5) is 10.8 Å². The molecule has 28 heavy (non-hydrogen) atoms. The quantitative estimate of drug-likeness (QED) is 0.428. The molecule has 0 saturated carbocycles. The molecule has 9 heteroatoms. The highest BCUT2D eigenvalue weighted by Gasteiger charge is 2.11. The van der Waals surface area contributed by atoms with Crippen LogP contribution in [-0.4, -0.2) is 27.4 Å². The van der Waals surface area contributed by atoms with Gasteiger partial charge in [-0.1, -0.05) is 58.1 Å². The van der Waals surface area contributed by atoms with E-state index < -0.39 is 0 Å². The molecule has 0 fully saturated rings. The fourth-order valence-corrected chi connectivity index (χ4v) is 4.09. The third-order valence-electron chi connectivity index (χ3n) is 3.79. The lowest BCUT2D eigenvalue weighted by molar-refractivity contribution is 0.391. The summed E-state index contributed by atoms with van der Waals surface area (Å²) < 4.78 is 11.4. The van der Waals surface area contributed by atoms with E-state index in [-0.39, 0.29) is 0 Å². The fourth-order valence-electron chi connectivity index (χ4n) is 2.48. The highest BCUT2D eigenvalue weighted by Crippen LogP contribution is 2.30. The predicted octanol–water partition coefficient (Wildman–Crippen LogP) is 4.94. The van der Waals surface area contributed by atoms with Crippen molar-refractivity contribution < 1.29 is 9.26 Å². The minimum atomic E-state index is 0.534. The van der Waals surface area contributed by atoms with Crippen molar-refractivity contribution in [2.45, 2.75) is 17.0 Å². The maximum Gasteiger partial charge on any atom is 0.237 e. The Morgan fingerprint density at radius 1 is 1.14 bits per heavy atom. The number of anilines is 2. The summed E-state index contributed by atoms with van der Waals surface area (Å²) >= 11 is 2.97. The van der Waals surface area contributed by atoms with Crippen LogP contribution in [-0.2, 0) is 5.75 Å². The van der Waals surface area contributed by atoms with E-state index in [1.54, 1.807) is 7.11 Å². The van der Waals surface area contributed by atoms with Crippen LogP contribution in [0.5, 0.6) is 5.75 Å². The van der Waals surface area contributed by atoms with Crippen LogP contribution in [0.2, 0.25) is 0 Å². The van der Waals surface area contributed by atoms with Crippen LogP contribution < -0.4 is 10.1 Å². The van der Waals surface area contributed by atoms with Crippen molar-refractivity contribution in [1.29, 1.82) is 0 Å². The largest absolute Gasteiger partial charge is 0.497 e. The number of nitrogens with one attached hydrogen (secondary N) is 1. The first-order valence-electron chi connectivity index (χ1n) is 8.46. The Hall–Kier alpha value is -2.91. The number of nitrogens with zero attached hydrogens (tertiary/aromatic N) is 4. The Bertz CT molecular complexity index is 1080. The van der Waals surface area contributed by atoms with Gasteiger partial charge in [-0.3, -0.25) is 0 Å². The molecule has 0 aliphatic rings. The molecule has 0 spiro atoms. The molecule has 4 rings (SSSR count). The van der Waals surface area contributed by atoms with Gasteiger partial charge < -0.3 is 14.6 Å². The number of thioether (sulfide) groups is 1. The van der Waals surface area contributed by atoms with E-state index in [1.807, 2.05) is 55.5 Å². The molecule has 2 heterocycles. The summed E-state index contributed by atoms with van der Waals surface area (Å²) in [6.45, 7) is 2.03. The first-order valence-corrected chi connectivity index (χ1v) is 10.3. The summed E-state index contributed by atoms with van der Waals surface area (Å²) in [5.74, 6) is 2.47. The second-order valence-electron chi connectivity index (χ2n) is 5.90. The van der Waals surface area contributed by atoms with Crippen LogP contribution in [0.3, 0.4) is 0 Å². The summed E-state index contributed by atoms with van der Waals surface area (Å²) in [6.07, 6.45) is 0. The van der Waals surface area contributed by atoms with E-state index >= 15 is 0 Å². The van der Waals surface area contributed by atoms with Crippen molar-refractivity contribution in [1.82, 2.24) is 20.3 Å². The molecule has 0 radical (unpaired) electrons. The number of hydrogen-bond donors (Lipinski definition) is 1. The summed E-state index contributed by atoms with van der Waals surface area (Å²) in [7, 11) is 1.64. The van der Waals surface area contributed by atoms with E-state index in [4.69, 9.17) is 9.26 Å². The normalized spacial score (nSPS) is 10.8. The zero-order valence-corrected chi connectivity index (χ0v) is 16.9. The monoisotopic (exact) mass is 411 g/mol. The number of aryl methyl sites for hydroxylation is 1. The molecular weight excluding hydrogens is 394 g/mol. The first kappa shape index (κ1) is 18.5. The zero-order chi connectivity index (χ0) is 19.3. The maximum absolute atomic E-state index is 5.35. The minimum absolute atomic E-state index is 0.534. The molecule has 0 unspecified atom stereocenters. The molecular formula is C19H17N5O2S2. The van der Waals surface area contributed by atoms with Gasteiger partial charge in [-0.25, -0.2) is 0 Å². The SMILES string of the molecule is COc1cccc(Nc2nnc(SCc3nc(-c4cccc(C)c4)no3)s2)c1. The summed E-state index contributed by atoms with van der Waals surface area (Å²) in [4.78, 5) is 4.46. The molecule has 4 aromatic rings. The second-order valence-corrected chi connectivity index (χ2v) is 8.10. The molecule has 0 atom stereocenters. The van der Waals surface area contributed by atoms with Gasteiger partial charge in [0.15, 0.2) is 4.34 Å². The number of hydrogen-bond acceptors (Lipinski definition) is 9. The standard InChI is InChI=1S/C19H17N5O2S2/c1-12-5-3-6-13(9-12)17-21-16(26-24-17)11-27-19-23-22-18(28-19)20-14-7-4-8-15(10-14)25-2/h3-10H,11H2,1-2H3,(H,20,22). The third kappa shape index (κ3) is 4.49. The van der Waals surface area contributed by atoms with E-state index in [1.165, 1.54) is 23.1 Å². The van der Waals surface area contributed by atoms with Crippen LogP contribution in [0, 0.1) is 6.92 Å². The molecule has 2 aromatic heterocycles. The Balaban J connectivity index is 1.37. The van der Waals surface area contributed by atoms with Crippen molar-refractivity contribution in [3.63, 3.8) is 0 Å². The van der Waals surface area contributed by atoms with E-state index in [9.17, 15) is 0 Å². The lowest BCUT2D eigenvalue weighted by Crippen LogP contribution is -1.90. The molecule has 0 bridgehead atoms.